The molecule has 0 radical (unpaired) electrons. The summed E-state index contributed by atoms with van der Waals surface area (Å²) in [5, 5.41) is 3.06. The molecular formula is C18H19ClN2O6S. The molecule has 0 aromatic heterocycles. The smallest absolute Gasteiger partial charge is 0.267 e. The van der Waals surface area contributed by atoms with E-state index in [0.29, 0.717) is 22.2 Å². The SMILES string of the molecule is COc1ccc(OC)c(NC(=O)[C@H]2CN(S(C)(=O)=O)c3cc(Cl)ccc3O2)c1. The van der Waals surface area contributed by atoms with Crippen molar-refractivity contribution in [3.05, 3.63) is 41.4 Å². The summed E-state index contributed by atoms with van der Waals surface area (Å²) in [6.07, 6.45) is -0.0115. The van der Waals surface area contributed by atoms with Crippen LogP contribution in [0.2, 0.25) is 5.02 Å². The summed E-state index contributed by atoms with van der Waals surface area (Å²) < 4.78 is 41.7. The van der Waals surface area contributed by atoms with Crippen molar-refractivity contribution < 1.29 is 27.4 Å². The molecule has 1 aliphatic rings. The number of rotatable bonds is 5. The maximum absolute atomic E-state index is 12.8. The van der Waals surface area contributed by atoms with E-state index in [1.807, 2.05) is 0 Å². The molecule has 2 aromatic rings. The van der Waals surface area contributed by atoms with Crippen LogP contribution >= 0.6 is 11.6 Å². The first-order valence-electron chi connectivity index (χ1n) is 8.19. The molecule has 0 bridgehead atoms. The first-order valence-corrected chi connectivity index (χ1v) is 10.4. The molecule has 1 heterocycles. The third-order valence-electron chi connectivity index (χ3n) is 4.15. The molecule has 1 atom stereocenters. The van der Waals surface area contributed by atoms with E-state index in [1.54, 1.807) is 24.3 Å². The van der Waals surface area contributed by atoms with Gasteiger partial charge in [0, 0.05) is 11.1 Å². The summed E-state index contributed by atoms with van der Waals surface area (Å²) in [7, 11) is -0.673. The Morgan fingerprint density at radius 1 is 1.21 bits per heavy atom. The Morgan fingerprint density at radius 3 is 2.61 bits per heavy atom. The van der Waals surface area contributed by atoms with Crippen LogP contribution in [0.4, 0.5) is 11.4 Å². The molecule has 1 aliphatic heterocycles. The number of nitrogens with one attached hydrogen (secondary N) is 1. The zero-order valence-corrected chi connectivity index (χ0v) is 17.0. The van der Waals surface area contributed by atoms with Gasteiger partial charge in [0.25, 0.3) is 5.91 Å². The second-order valence-electron chi connectivity index (χ2n) is 6.07. The summed E-state index contributed by atoms with van der Waals surface area (Å²) in [4.78, 5) is 12.8. The van der Waals surface area contributed by atoms with Crippen LogP contribution in [-0.4, -0.2) is 47.4 Å². The molecule has 150 valence electrons. The van der Waals surface area contributed by atoms with Gasteiger partial charge in [0.15, 0.2) is 6.10 Å². The first kappa shape index (κ1) is 20.1. The Kier molecular flexibility index (Phi) is 5.57. The Bertz CT molecular complexity index is 1010. The molecule has 0 saturated carbocycles. The number of amides is 1. The van der Waals surface area contributed by atoms with Crippen molar-refractivity contribution in [2.45, 2.75) is 6.10 Å². The molecule has 0 fully saturated rings. The van der Waals surface area contributed by atoms with Crippen LogP contribution in [0.25, 0.3) is 0 Å². The van der Waals surface area contributed by atoms with E-state index in [1.165, 1.54) is 26.4 Å². The number of carbonyl (C=O) groups excluding carboxylic acids is 1. The molecule has 0 spiro atoms. The zero-order valence-electron chi connectivity index (χ0n) is 15.4. The van der Waals surface area contributed by atoms with E-state index in [9.17, 15) is 13.2 Å². The summed E-state index contributed by atoms with van der Waals surface area (Å²) in [6.45, 7) is -0.190. The number of hydrogen-bond acceptors (Lipinski definition) is 6. The monoisotopic (exact) mass is 426 g/mol. The first-order chi connectivity index (χ1) is 13.2. The average Bonchev–Trinajstić information content (AvgIpc) is 2.66. The van der Waals surface area contributed by atoms with Crippen LogP contribution in [0.3, 0.4) is 0 Å². The van der Waals surface area contributed by atoms with Crippen molar-refractivity contribution >= 4 is 38.9 Å². The molecule has 8 nitrogen and oxygen atoms in total. The summed E-state index contributed by atoms with van der Waals surface area (Å²) in [5.41, 5.74) is 0.668. The summed E-state index contributed by atoms with van der Waals surface area (Å²) in [5.74, 6) is 0.676. The van der Waals surface area contributed by atoms with E-state index in [2.05, 4.69) is 5.32 Å². The van der Waals surface area contributed by atoms with Gasteiger partial charge in [-0.15, -0.1) is 0 Å². The number of ether oxygens (including phenoxy) is 3. The number of sulfonamides is 1. The molecule has 1 N–H and O–H groups in total. The lowest BCUT2D eigenvalue weighted by atomic mass is 10.2. The third-order valence-corrected chi connectivity index (χ3v) is 5.53. The van der Waals surface area contributed by atoms with Gasteiger partial charge in [0.1, 0.15) is 17.2 Å². The van der Waals surface area contributed by atoms with Crippen molar-refractivity contribution in [1.29, 1.82) is 0 Å². The quantitative estimate of drug-likeness (QED) is 0.789. The van der Waals surface area contributed by atoms with Crippen molar-refractivity contribution in [3.63, 3.8) is 0 Å². The highest BCUT2D eigenvalue weighted by Gasteiger charge is 2.35. The van der Waals surface area contributed by atoms with Crippen LogP contribution < -0.4 is 23.8 Å². The molecule has 0 aliphatic carbocycles. The van der Waals surface area contributed by atoms with Gasteiger partial charge in [-0.2, -0.15) is 0 Å². The fourth-order valence-corrected chi connectivity index (χ4v) is 3.87. The minimum absolute atomic E-state index is 0.190. The lowest BCUT2D eigenvalue weighted by Gasteiger charge is -2.34. The number of fused-ring (bicyclic) bond motifs is 1. The minimum atomic E-state index is -3.65. The molecule has 2 aromatic carbocycles. The second kappa shape index (κ2) is 7.76. The topological polar surface area (TPSA) is 94.2 Å². The number of carbonyl (C=O) groups is 1. The van der Waals surface area contributed by atoms with Crippen LogP contribution in [-0.2, 0) is 14.8 Å². The van der Waals surface area contributed by atoms with E-state index in [-0.39, 0.29) is 18.0 Å². The normalized spacial score (nSPS) is 16.0. The van der Waals surface area contributed by atoms with Crippen molar-refractivity contribution in [3.8, 4) is 17.2 Å². The van der Waals surface area contributed by atoms with Crippen LogP contribution in [0, 0.1) is 0 Å². The Hall–Kier alpha value is -2.65. The maximum Gasteiger partial charge on any atom is 0.267 e. The van der Waals surface area contributed by atoms with Crippen molar-refractivity contribution in [2.24, 2.45) is 0 Å². The number of nitrogens with zero attached hydrogens (tertiary/aromatic N) is 1. The van der Waals surface area contributed by atoms with Gasteiger partial charge in [0.2, 0.25) is 10.0 Å². The van der Waals surface area contributed by atoms with Crippen LogP contribution in [0.15, 0.2) is 36.4 Å². The number of benzene rings is 2. The predicted molar refractivity (Wildman–Crippen MR) is 106 cm³/mol. The highest BCUT2D eigenvalue weighted by Crippen LogP contribution is 2.37. The Morgan fingerprint density at radius 2 is 1.96 bits per heavy atom. The number of anilines is 2. The van der Waals surface area contributed by atoms with Gasteiger partial charge >= 0.3 is 0 Å². The van der Waals surface area contributed by atoms with Gasteiger partial charge in [-0.05, 0) is 30.3 Å². The number of halogens is 1. The molecule has 10 heteroatoms. The van der Waals surface area contributed by atoms with Crippen molar-refractivity contribution in [2.75, 3.05) is 36.6 Å². The zero-order chi connectivity index (χ0) is 20.5. The van der Waals surface area contributed by atoms with Gasteiger partial charge in [-0.25, -0.2) is 8.42 Å². The maximum atomic E-state index is 12.8. The number of methoxy groups -OCH3 is 2. The Labute approximate surface area is 168 Å². The van der Waals surface area contributed by atoms with Crippen molar-refractivity contribution in [1.82, 2.24) is 0 Å². The van der Waals surface area contributed by atoms with Gasteiger partial charge in [0.05, 0.1) is 38.4 Å². The molecule has 0 saturated heterocycles. The lowest BCUT2D eigenvalue weighted by molar-refractivity contribution is -0.122. The second-order valence-corrected chi connectivity index (χ2v) is 8.41. The summed E-state index contributed by atoms with van der Waals surface area (Å²) in [6, 6.07) is 9.51. The number of hydrogen-bond donors (Lipinski definition) is 1. The summed E-state index contributed by atoms with van der Waals surface area (Å²) >= 11 is 5.98. The predicted octanol–water partition coefficient (Wildman–Crippen LogP) is 2.52. The average molecular weight is 427 g/mol. The highest BCUT2D eigenvalue weighted by atomic mass is 35.5. The van der Waals surface area contributed by atoms with Gasteiger partial charge < -0.3 is 19.5 Å². The lowest BCUT2D eigenvalue weighted by Crippen LogP contribution is -2.48. The standard InChI is InChI=1S/C18H19ClN2O6S/c1-25-12-5-7-15(26-2)13(9-12)20-18(22)17-10-21(28(3,23)24)14-8-11(19)4-6-16(14)27-17/h4-9,17H,10H2,1-3H3,(H,20,22)/t17-/m1/s1. The van der Waals surface area contributed by atoms with E-state index >= 15 is 0 Å². The highest BCUT2D eigenvalue weighted by molar-refractivity contribution is 7.92. The largest absolute Gasteiger partial charge is 0.497 e. The minimum Gasteiger partial charge on any atom is -0.497 e. The van der Waals surface area contributed by atoms with Gasteiger partial charge in [-0.1, -0.05) is 11.6 Å². The molecule has 3 rings (SSSR count). The molecular weight excluding hydrogens is 408 g/mol. The fraction of sp³-hybridized carbons (Fsp3) is 0.278. The third kappa shape index (κ3) is 4.10. The van der Waals surface area contributed by atoms with E-state index in [4.69, 9.17) is 25.8 Å². The molecule has 28 heavy (non-hydrogen) atoms. The molecule has 1 amide bonds. The fourth-order valence-electron chi connectivity index (χ4n) is 2.80. The van der Waals surface area contributed by atoms with Gasteiger partial charge in [-0.3, -0.25) is 9.10 Å². The molecule has 0 unspecified atom stereocenters. The van der Waals surface area contributed by atoms with Crippen LogP contribution in [0.5, 0.6) is 17.2 Å². The Balaban J connectivity index is 1.90. The van der Waals surface area contributed by atoms with E-state index < -0.39 is 22.0 Å². The van der Waals surface area contributed by atoms with E-state index in [0.717, 1.165) is 10.6 Å². The van der Waals surface area contributed by atoms with Crippen LogP contribution in [0.1, 0.15) is 0 Å².